The molecule has 6 heteroatoms. The summed E-state index contributed by atoms with van der Waals surface area (Å²) in [4.78, 5) is 11.5. The van der Waals surface area contributed by atoms with Gasteiger partial charge in [-0.2, -0.15) is 0 Å². The van der Waals surface area contributed by atoms with Crippen molar-refractivity contribution < 1.29 is 17.9 Å². The summed E-state index contributed by atoms with van der Waals surface area (Å²) in [7, 11) is -3.45. The van der Waals surface area contributed by atoms with Crippen molar-refractivity contribution in [3.05, 3.63) is 28.8 Å². The molecule has 0 bridgehead atoms. The van der Waals surface area contributed by atoms with Crippen LogP contribution >= 0.6 is 11.6 Å². The van der Waals surface area contributed by atoms with Gasteiger partial charge in [0.15, 0.2) is 9.84 Å². The van der Waals surface area contributed by atoms with Crippen molar-refractivity contribution in [1.29, 1.82) is 0 Å². The summed E-state index contributed by atoms with van der Waals surface area (Å²) >= 11 is 5.76. The molecule has 17 heavy (non-hydrogen) atoms. The first kappa shape index (κ1) is 14.0. The Morgan fingerprint density at radius 2 is 2.06 bits per heavy atom. The molecule has 0 N–H and O–H groups in total. The summed E-state index contributed by atoms with van der Waals surface area (Å²) in [5.41, 5.74) is 0.184. The number of rotatable bonds is 4. The van der Waals surface area contributed by atoms with E-state index in [1.807, 2.05) is 6.92 Å². The lowest BCUT2D eigenvalue weighted by Crippen LogP contribution is -2.07. The largest absolute Gasteiger partial charge is 0.462 e. The number of esters is 1. The van der Waals surface area contributed by atoms with Gasteiger partial charge in [-0.15, -0.1) is 0 Å². The zero-order chi connectivity index (χ0) is 13.1. The minimum Gasteiger partial charge on any atom is -0.462 e. The van der Waals surface area contributed by atoms with Gasteiger partial charge in [-0.3, -0.25) is 0 Å². The van der Waals surface area contributed by atoms with Gasteiger partial charge in [-0.25, -0.2) is 13.2 Å². The molecule has 4 nitrogen and oxygen atoms in total. The van der Waals surface area contributed by atoms with Gasteiger partial charge in [0.2, 0.25) is 0 Å². The van der Waals surface area contributed by atoms with Crippen LogP contribution in [0.4, 0.5) is 0 Å². The van der Waals surface area contributed by atoms with E-state index in [1.54, 1.807) is 0 Å². The first-order chi connectivity index (χ1) is 7.86. The molecule has 1 aromatic rings. The summed E-state index contributed by atoms with van der Waals surface area (Å²) in [5.74, 6) is -0.548. The van der Waals surface area contributed by atoms with Crippen LogP contribution in [0.5, 0.6) is 0 Å². The highest BCUT2D eigenvalue weighted by molar-refractivity contribution is 7.90. The molecule has 0 heterocycles. The number of benzene rings is 1. The predicted octanol–water partition coefficient (Wildman–Crippen LogP) is 2.31. The van der Waals surface area contributed by atoms with Crippen LogP contribution < -0.4 is 0 Å². The molecule has 0 radical (unpaired) electrons. The van der Waals surface area contributed by atoms with Gasteiger partial charge >= 0.3 is 5.97 Å². The van der Waals surface area contributed by atoms with E-state index < -0.39 is 15.8 Å². The predicted molar refractivity (Wildman–Crippen MR) is 65.1 cm³/mol. The lowest BCUT2D eigenvalue weighted by Gasteiger charge is -2.06. The third-order valence-electron chi connectivity index (χ3n) is 2.00. The molecule has 0 saturated heterocycles. The van der Waals surface area contributed by atoms with Crippen LogP contribution in [0, 0.1) is 0 Å². The Morgan fingerprint density at radius 1 is 1.41 bits per heavy atom. The molecule has 1 rings (SSSR count). The molecule has 0 aliphatic rings. The average molecular weight is 277 g/mol. The summed E-state index contributed by atoms with van der Waals surface area (Å²) in [6.45, 7) is 2.17. The third kappa shape index (κ3) is 3.71. The summed E-state index contributed by atoms with van der Waals surface area (Å²) < 4.78 is 27.7. The third-order valence-corrected chi connectivity index (χ3v) is 3.58. The first-order valence-electron chi connectivity index (χ1n) is 5.03. The van der Waals surface area contributed by atoms with Gasteiger partial charge in [0.1, 0.15) is 0 Å². The fraction of sp³-hybridized carbons (Fsp3) is 0.364. The molecule has 94 valence electrons. The Labute approximate surface area is 105 Å². The van der Waals surface area contributed by atoms with Gasteiger partial charge in [0, 0.05) is 6.26 Å². The number of hydrogen-bond donors (Lipinski definition) is 0. The minimum absolute atomic E-state index is 0.0647. The quantitative estimate of drug-likeness (QED) is 0.792. The molecule has 0 aliphatic heterocycles. The second-order valence-corrected chi connectivity index (χ2v) is 5.94. The Balaban J connectivity index is 3.09. The number of carbonyl (C=O) groups is 1. The molecule has 0 aromatic heterocycles. The highest BCUT2D eigenvalue weighted by Crippen LogP contribution is 2.22. The Bertz CT molecular complexity index is 522. The molecule has 0 fully saturated rings. The maximum atomic E-state index is 11.5. The number of sulfone groups is 1. The van der Waals surface area contributed by atoms with Gasteiger partial charge in [-0.1, -0.05) is 18.5 Å². The van der Waals surface area contributed by atoms with Gasteiger partial charge in [0.25, 0.3) is 0 Å². The molecule has 0 atom stereocenters. The van der Waals surface area contributed by atoms with E-state index in [0.29, 0.717) is 13.0 Å². The van der Waals surface area contributed by atoms with Crippen LogP contribution in [-0.2, 0) is 14.6 Å². The minimum atomic E-state index is -3.45. The van der Waals surface area contributed by atoms with Crippen LogP contribution in [0.25, 0.3) is 0 Å². The zero-order valence-electron chi connectivity index (χ0n) is 9.57. The first-order valence-corrected chi connectivity index (χ1v) is 7.30. The molecule has 0 aliphatic carbocycles. The lowest BCUT2D eigenvalue weighted by molar-refractivity contribution is 0.0505. The number of halogens is 1. The van der Waals surface area contributed by atoms with E-state index in [1.165, 1.54) is 18.2 Å². The molecule has 1 aromatic carbocycles. The van der Waals surface area contributed by atoms with E-state index in [0.717, 1.165) is 6.26 Å². The van der Waals surface area contributed by atoms with Crippen LogP contribution in [0.15, 0.2) is 23.1 Å². The van der Waals surface area contributed by atoms with Crippen LogP contribution in [0.2, 0.25) is 5.02 Å². The van der Waals surface area contributed by atoms with E-state index in [9.17, 15) is 13.2 Å². The number of carbonyl (C=O) groups excluding carboxylic acids is 1. The summed E-state index contributed by atoms with van der Waals surface area (Å²) in [6.07, 6.45) is 1.74. The van der Waals surface area contributed by atoms with Gasteiger partial charge < -0.3 is 4.74 Å². The smallest absolute Gasteiger partial charge is 0.338 e. The second-order valence-electron chi connectivity index (χ2n) is 3.55. The van der Waals surface area contributed by atoms with E-state index >= 15 is 0 Å². The van der Waals surface area contributed by atoms with E-state index in [2.05, 4.69) is 0 Å². The van der Waals surface area contributed by atoms with Crippen molar-refractivity contribution in [2.45, 2.75) is 18.2 Å². The molecular formula is C11H13ClO4S. The maximum Gasteiger partial charge on any atom is 0.338 e. The molecule has 0 saturated carbocycles. The molecule has 0 spiro atoms. The fourth-order valence-electron chi connectivity index (χ4n) is 1.19. The Kier molecular flexibility index (Phi) is 4.54. The average Bonchev–Trinajstić information content (AvgIpc) is 2.25. The number of ether oxygens (including phenoxy) is 1. The molecule has 0 amide bonds. The summed E-state index contributed by atoms with van der Waals surface area (Å²) in [6, 6.07) is 4.05. The van der Waals surface area contributed by atoms with Crippen molar-refractivity contribution in [2.75, 3.05) is 12.9 Å². The van der Waals surface area contributed by atoms with Crippen molar-refractivity contribution in [3.63, 3.8) is 0 Å². The molecular weight excluding hydrogens is 264 g/mol. The van der Waals surface area contributed by atoms with Crippen molar-refractivity contribution in [3.8, 4) is 0 Å². The highest BCUT2D eigenvalue weighted by Gasteiger charge is 2.16. The van der Waals surface area contributed by atoms with Crippen molar-refractivity contribution in [2.24, 2.45) is 0 Å². The van der Waals surface area contributed by atoms with E-state index in [4.69, 9.17) is 16.3 Å². The van der Waals surface area contributed by atoms with E-state index in [-0.39, 0.29) is 15.5 Å². The van der Waals surface area contributed by atoms with Gasteiger partial charge in [-0.05, 0) is 24.6 Å². The molecule has 0 unspecified atom stereocenters. The lowest BCUT2D eigenvalue weighted by atomic mass is 10.2. The number of hydrogen-bond acceptors (Lipinski definition) is 4. The second kappa shape index (κ2) is 5.51. The highest BCUT2D eigenvalue weighted by atomic mass is 35.5. The Hall–Kier alpha value is -1.07. The SMILES string of the molecule is CCCOC(=O)c1ccc(Cl)c(S(C)(=O)=O)c1. The van der Waals surface area contributed by atoms with Crippen molar-refractivity contribution in [1.82, 2.24) is 0 Å². The van der Waals surface area contributed by atoms with Crippen LogP contribution in [0.1, 0.15) is 23.7 Å². The van der Waals surface area contributed by atoms with Crippen LogP contribution in [-0.4, -0.2) is 27.2 Å². The summed E-state index contributed by atoms with van der Waals surface area (Å²) in [5, 5.41) is 0.0968. The Morgan fingerprint density at radius 3 is 2.59 bits per heavy atom. The normalized spacial score (nSPS) is 11.2. The van der Waals surface area contributed by atoms with Gasteiger partial charge in [0.05, 0.1) is 22.1 Å². The fourth-order valence-corrected chi connectivity index (χ4v) is 2.49. The standard InChI is InChI=1S/C11H13ClO4S/c1-3-6-16-11(13)8-4-5-9(12)10(7-8)17(2,14)15/h4-5,7H,3,6H2,1-2H3. The van der Waals surface area contributed by atoms with Crippen molar-refractivity contribution >= 4 is 27.4 Å². The van der Waals surface area contributed by atoms with Crippen LogP contribution in [0.3, 0.4) is 0 Å². The topological polar surface area (TPSA) is 60.4 Å². The zero-order valence-corrected chi connectivity index (χ0v) is 11.1. The maximum absolute atomic E-state index is 11.5. The monoisotopic (exact) mass is 276 g/mol.